The zero-order valence-corrected chi connectivity index (χ0v) is 13.2. The number of pyridine rings is 1. The number of hydrogen-bond acceptors (Lipinski definition) is 4. The number of carbonyl (C=O) groups excluding carboxylic acids is 1. The highest BCUT2D eigenvalue weighted by Crippen LogP contribution is 2.15. The van der Waals surface area contributed by atoms with Crippen LogP contribution in [0.3, 0.4) is 0 Å². The minimum Gasteiger partial charge on any atom is -0.497 e. The molecule has 1 aromatic carbocycles. The van der Waals surface area contributed by atoms with Gasteiger partial charge in [0.1, 0.15) is 11.6 Å². The fraction of sp³-hybridized carbons (Fsp3) is 0.294. The van der Waals surface area contributed by atoms with Gasteiger partial charge in [-0.3, -0.25) is 4.79 Å². The zero-order chi connectivity index (χ0) is 15.9. The number of nitrogens with zero attached hydrogens (tertiary/aromatic N) is 2. The summed E-state index contributed by atoms with van der Waals surface area (Å²) in [5.74, 6) is 1.60. The average molecular weight is 299 g/mol. The standard InChI is InChI=1S/C17H21N3O2/c1-20(2)17-14(7-5-9-18-17)12-19-16(21)11-13-6-4-8-15(10-13)22-3/h4-10H,11-12H2,1-3H3,(H,19,21). The molecule has 0 saturated heterocycles. The first kappa shape index (κ1) is 15.8. The van der Waals surface area contributed by atoms with Gasteiger partial charge in [0.05, 0.1) is 13.5 Å². The highest BCUT2D eigenvalue weighted by Gasteiger charge is 2.08. The van der Waals surface area contributed by atoms with Crippen LogP contribution >= 0.6 is 0 Å². The molecule has 0 aliphatic heterocycles. The maximum atomic E-state index is 12.1. The van der Waals surface area contributed by atoms with Crippen molar-refractivity contribution in [2.75, 3.05) is 26.1 Å². The molecule has 0 radical (unpaired) electrons. The molecule has 22 heavy (non-hydrogen) atoms. The van der Waals surface area contributed by atoms with E-state index in [1.807, 2.05) is 55.4 Å². The minimum atomic E-state index is -0.0261. The van der Waals surface area contributed by atoms with Crippen molar-refractivity contribution in [3.63, 3.8) is 0 Å². The number of amides is 1. The van der Waals surface area contributed by atoms with Crippen molar-refractivity contribution in [2.45, 2.75) is 13.0 Å². The summed E-state index contributed by atoms with van der Waals surface area (Å²) in [5.41, 5.74) is 1.92. The Morgan fingerprint density at radius 3 is 2.82 bits per heavy atom. The first-order valence-corrected chi connectivity index (χ1v) is 7.11. The summed E-state index contributed by atoms with van der Waals surface area (Å²) >= 11 is 0. The van der Waals surface area contributed by atoms with Gasteiger partial charge in [-0.05, 0) is 23.8 Å². The van der Waals surface area contributed by atoms with Crippen molar-refractivity contribution in [3.05, 3.63) is 53.7 Å². The van der Waals surface area contributed by atoms with Gasteiger partial charge in [0, 0.05) is 32.4 Å². The molecule has 1 heterocycles. The van der Waals surface area contributed by atoms with Crippen molar-refractivity contribution in [1.29, 1.82) is 0 Å². The molecule has 0 unspecified atom stereocenters. The molecule has 1 N–H and O–H groups in total. The van der Waals surface area contributed by atoms with Crippen LogP contribution in [0.2, 0.25) is 0 Å². The second-order valence-corrected chi connectivity index (χ2v) is 5.19. The van der Waals surface area contributed by atoms with Gasteiger partial charge in [-0.1, -0.05) is 18.2 Å². The quantitative estimate of drug-likeness (QED) is 0.886. The van der Waals surface area contributed by atoms with Gasteiger partial charge in [0.15, 0.2) is 0 Å². The molecular formula is C17H21N3O2. The molecule has 0 aliphatic rings. The predicted octanol–water partition coefficient (Wildman–Crippen LogP) is 2.02. The molecule has 0 aliphatic carbocycles. The molecule has 5 heteroatoms. The Hall–Kier alpha value is -2.56. The van der Waals surface area contributed by atoms with Crippen LogP contribution in [0.15, 0.2) is 42.6 Å². The number of hydrogen-bond donors (Lipinski definition) is 1. The lowest BCUT2D eigenvalue weighted by molar-refractivity contribution is -0.120. The first-order chi connectivity index (χ1) is 10.6. The summed E-state index contributed by atoms with van der Waals surface area (Å²) in [6.45, 7) is 0.462. The van der Waals surface area contributed by atoms with Crippen LogP contribution in [-0.4, -0.2) is 32.1 Å². The van der Waals surface area contributed by atoms with Gasteiger partial charge < -0.3 is 15.0 Å². The van der Waals surface area contributed by atoms with Crippen LogP contribution in [0, 0.1) is 0 Å². The fourth-order valence-electron chi connectivity index (χ4n) is 2.20. The summed E-state index contributed by atoms with van der Waals surface area (Å²) in [5, 5.41) is 2.93. The second kappa shape index (κ2) is 7.45. The predicted molar refractivity (Wildman–Crippen MR) is 87.1 cm³/mol. The third-order valence-electron chi connectivity index (χ3n) is 3.27. The zero-order valence-electron chi connectivity index (χ0n) is 13.2. The lowest BCUT2D eigenvalue weighted by Crippen LogP contribution is -2.26. The number of benzene rings is 1. The van der Waals surface area contributed by atoms with Crippen molar-refractivity contribution in [1.82, 2.24) is 10.3 Å². The largest absolute Gasteiger partial charge is 0.497 e. The maximum Gasteiger partial charge on any atom is 0.224 e. The van der Waals surface area contributed by atoms with Crippen molar-refractivity contribution in [2.24, 2.45) is 0 Å². The van der Waals surface area contributed by atoms with E-state index in [0.29, 0.717) is 13.0 Å². The van der Waals surface area contributed by atoms with Crippen LogP contribution < -0.4 is 15.0 Å². The Labute approximate surface area is 130 Å². The van der Waals surface area contributed by atoms with Crippen LogP contribution in [0.25, 0.3) is 0 Å². The molecular weight excluding hydrogens is 278 g/mol. The molecule has 0 saturated carbocycles. The number of carbonyl (C=O) groups is 1. The molecule has 0 spiro atoms. The van der Waals surface area contributed by atoms with E-state index in [1.54, 1.807) is 13.3 Å². The van der Waals surface area contributed by atoms with Gasteiger partial charge in [-0.15, -0.1) is 0 Å². The highest BCUT2D eigenvalue weighted by atomic mass is 16.5. The topological polar surface area (TPSA) is 54.5 Å². The number of anilines is 1. The third-order valence-corrected chi connectivity index (χ3v) is 3.27. The normalized spacial score (nSPS) is 10.1. The number of rotatable bonds is 6. The lowest BCUT2D eigenvalue weighted by atomic mass is 10.1. The average Bonchev–Trinajstić information content (AvgIpc) is 2.53. The molecule has 116 valence electrons. The van der Waals surface area contributed by atoms with Gasteiger partial charge in [-0.25, -0.2) is 4.98 Å². The van der Waals surface area contributed by atoms with E-state index in [2.05, 4.69) is 10.3 Å². The molecule has 1 aromatic heterocycles. The van der Waals surface area contributed by atoms with Crippen molar-refractivity contribution < 1.29 is 9.53 Å². The number of nitrogens with one attached hydrogen (secondary N) is 1. The second-order valence-electron chi connectivity index (χ2n) is 5.19. The van der Waals surface area contributed by atoms with E-state index in [1.165, 1.54) is 0 Å². The van der Waals surface area contributed by atoms with Crippen LogP contribution in [0.4, 0.5) is 5.82 Å². The molecule has 0 atom stereocenters. The van der Waals surface area contributed by atoms with Crippen LogP contribution in [0.1, 0.15) is 11.1 Å². The molecule has 2 rings (SSSR count). The number of aromatic nitrogens is 1. The molecule has 2 aromatic rings. The van der Waals surface area contributed by atoms with Crippen molar-refractivity contribution in [3.8, 4) is 5.75 Å². The Morgan fingerprint density at radius 1 is 1.27 bits per heavy atom. The van der Waals surface area contributed by atoms with E-state index in [9.17, 15) is 4.79 Å². The minimum absolute atomic E-state index is 0.0261. The Kier molecular flexibility index (Phi) is 5.36. The smallest absolute Gasteiger partial charge is 0.224 e. The lowest BCUT2D eigenvalue weighted by Gasteiger charge is -2.16. The van der Waals surface area contributed by atoms with E-state index < -0.39 is 0 Å². The molecule has 1 amide bonds. The fourth-order valence-corrected chi connectivity index (χ4v) is 2.20. The SMILES string of the molecule is COc1cccc(CC(=O)NCc2cccnc2N(C)C)c1. The van der Waals surface area contributed by atoms with Crippen LogP contribution in [-0.2, 0) is 17.8 Å². The summed E-state index contributed by atoms with van der Waals surface area (Å²) in [6.07, 6.45) is 2.08. The summed E-state index contributed by atoms with van der Waals surface area (Å²) in [7, 11) is 5.48. The molecule has 0 bridgehead atoms. The van der Waals surface area contributed by atoms with Gasteiger partial charge >= 0.3 is 0 Å². The monoisotopic (exact) mass is 299 g/mol. The highest BCUT2D eigenvalue weighted by molar-refractivity contribution is 5.78. The molecule has 5 nitrogen and oxygen atoms in total. The van der Waals surface area contributed by atoms with Crippen LogP contribution in [0.5, 0.6) is 5.75 Å². The molecule has 0 fully saturated rings. The van der Waals surface area contributed by atoms with E-state index in [4.69, 9.17) is 4.74 Å². The Balaban J connectivity index is 1.95. The Morgan fingerprint density at radius 2 is 2.09 bits per heavy atom. The van der Waals surface area contributed by atoms with Gasteiger partial charge in [0.2, 0.25) is 5.91 Å². The van der Waals surface area contributed by atoms with Gasteiger partial charge in [0.25, 0.3) is 0 Å². The Bertz CT molecular complexity index is 641. The van der Waals surface area contributed by atoms with E-state index in [0.717, 1.165) is 22.7 Å². The third kappa shape index (κ3) is 4.22. The number of methoxy groups -OCH3 is 1. The van der Waals surface area contributed by atoms with Gasteiger partial charge in [-0.2, -0.15) is 0 Å². The first-order valence-electron chi connectivity index (χ1n) is 7.11. The van der Waals surface area contributed by atoms with Crippen molar-refractivity contribution >= 4 is 11.7 Å². The number of ether oxygens (including phenoxy) is 1. The van der Waals surface area contributed by atoms with E-state index >= 15 is 0 Å². The maximum absolute atomic E-state index is 12.1. The summed E-state index contributed by atoms with van der Waals surface area (Å²) < 4.78 is 5.16. The summed E-state index contributed by atoms with van der Waals surface area (Å²) in [6, 6.07) is 11.4. The van der Waals surface area contributed by atoms with E-state index in [-0.39, 0.29) is 5.91 Å². The summed E-state index contributed by atoms with van der Waals surface area (Å²) in [4.78, 5) is 18.3.